The molecule has 0 aliphatic carbocycles. The number of carbonyl (C=O) groups is 1. The van der Waals surface area contributed by atoms with Crippen molar-refractivity contribution in [3.63, 3.8) is 0 Å². The summed E-state index contributed by atoms with van der Waals surface area (Å²) < 4.78 is 0. The molecule has 0 atom stereocenters. The second kappa shape index (κ2) is 8.48. The molecule has 0 aliphatic rings. The highest BCUT2D eigenvalue weighted by molar-refractivity contribution is 5.81. The lowest BCUT2D eigenvalue weighted by Crippen LogP contribution is -2.32. The molecular formula is C14H16N8O5. The number of rotatable bonds is 8. The smallest absolute Gasteiger partial charge is 0.298 e. The number of hydrogen-bond donors (Lipinski definition) is 3. The van der Waals surface area contributed by atoms with E-state index in [2.05, 4.69) is 26.2 Å². The normalized spacial score (nSPS) is 10.3. The summed E-state index contributed by atoms with van der Waals surface area (Å²) >= 11 is 0. The number of non-ortho nitro benzene ring substituents is 1. The lowest BCUT2D eigenvalue weighted by Gasteiger charge is -2.14. The Balaban J connectivity index is 2.06. The molecule has 0 unspecified atom stereocenters. The van der Waals surface area contributed by atoms with E-state index in [1.165, 1.54) is 29.3 Å². The van der Waals surface area contributed by atoms with E-state index in [4.69, 9.17) is 0 Å². The molecule has 0 bridgehead atoms. The third-order valence-electron chi connectivity index (χ3n) is 3.17. The fraction of sp³-hybridized carbons (Fsp3) is 0.214. The van der Waals surface area contributed by atoms with Gasteiger partial charge in [0.25, 0.3) is 5.69 Å². The van der Waals surface area contributed by atoms with Gasteiger partial charge in [0.05, 0.1) is 16.3 Å². The van der Waals surface area contributed by atoms with Gasteiger partial charge in [-0.25, -0.2) is 15.0 Å². The van der Waals surface area contributed by atoms with E-state index in [-0.39, 0.29) is 23.7 Å². The third kappa shape index (κ3) is 5.30. The topological polar surface area (TPSA) is 168 Å². The third-order valence-corrected chi connectivity index (χ3v) is 3.17. The summed E-state index contributed by atoms with van der Waals surface area (Å²) in [5, 5.41) is 23.4. The van der Waals surface area contributed by atoms with Gasteiger partial charge in [0.15, 0.2) is 0 Å². The number of nitrogens with one attached hydrogen (secondary N) is 3. The maximum Gasteiger partial charge on any atom is 0.356 e. The van der Waals surface area contributed by atoms with E-state index >= 15 is 0 Å². The largest absolute Gasteiger partial charge is 0.356 e. The molecular weight excluding hydrogens is 360 g/mol. The standard InChI is InChI=1S/C14H16N8O5/c1-20(2)19-14-12(22(26)27)13(15-8-16-14)18-17-11(23)7-9-3-5-10(6-4-9)21(24)25/h3-6,8H,7H2,1-2H3,(H,17,23)(H2,15,16,18,19). The second-order valence-corrected chi connectivity index (χ2v) is 5.46. The zero-order valence-corrected chi connectivity index (χ0v) is 14.4. The van der Waals surface area contributed by atoms with E-state index < -0.39 is 21.4 Å². The minimum atomic E-state index is -0.684. The number of hydrogen-bond acceptors (Lipinski definition) is 10. The quantitative estimate of drug-likeness (QED) is 0.444. The minimum absolute atomic E-state index is 0.0490. The van der Waals surface area contributed by atoms with Crippen LogP contribution >= 0.6 is 0 Å². The van der Waals surface area contributed by atoms with Crippen LogP contribution in [0.1, 0.15) is 5.56 Å². The van der Waals surface area contributed by atoms with Crippen molar-refractivity contribution >= 4 is 28.9 Å². The summed E-state index contributed by atoms with van der Waals surface area (Å²) in [4.78, 5) is 40.3. The molecule has 0 aliphatic heterocycles. The van der Waals surface area contributed by atoms with Crippen molar-refractivity contribution in [1.29, 1.82) is 0 Å². The molecule has 0 radical (unpaired) electrons. The molecule has 0 spiro atoms. The lowest BCUT2D eigenvalue weighted by atomic mass is 10.1. The molecule has 13 nitrogen and oxygen atoms in total. The fourth-order valence-electron chi connectivity index (χ4n) is 2.03. The molecule has 2 aromatic rings. The van der Waals surface area contributed by atoms with Crippen molar-refractivity contribution in [3.05, 3.63) is 56.4 Å². The molecule has 0 saturated carbocycles. The van der Waals surface area contributed by atoms with Crippen LogP contribution in [-0.4, -0.2) is 44.8 Å². The highest BCUT2D eigenvalue weighted by Gasteiger charge is 2.23. The van der Waals surface area contributed by atoms with Crippen LogP contribution in [0, 0.1) is 20.2 Å². The average Bonchev–Trinajstić information content (AvgIpc) is 2.59. The predicted octanol–water partition coefficient (Wildman–Crippen LogP) is 0.867. The first kappa shape index (κ1) is 19.5. The van der Waals surface area contributed by atoms with Crippen LogP contribution in [-0.2, 0) is 11.2 Å². The number of nitro benzene ring substituents is 1. The van der Waals surface area contributed by atoms with Crippen molar-refractivity contribution in [1.82, 2.24) is 20.4 Å². The zero-order valence-electron chi connectivity index (χ0n) is 14.4. The first-order valence-electron chi connectivity index (χ1n) is 7.49. The van der Waals surface area contributed by atoms with Crippen LogP contribution in [0.15, 0.2) is 30.6 Å². The lowest BCUT2D eigenvalue weighted by molar-refractivity contribution is -0.384. The molecule has 1 heterocycles. The van der Waals surface area contributed by atoms with Crippen LogP contribution in [0.3, 0.4) is 0 Å². The Morgan fingerprint density at radius 1 is 1.07 bits per heavy atom. The summed E-state index contributed by atoms with van der Waals surface area (Å²) in [7, 11) is 3.26. The van der Waals surface area contributed by atoms with E-state index in [1.54, 1.807) is 14.1 Å². The summed E-state index contributed by atoms with van der Waals surface area (Å²) in [5.74, 6) is -0.762. The molecule has 0 fully saturated rings. The Kier molecular flexibility index (Phi) is 6.11. The Morgan fingerprint density at radius 2 is 1.70 bits per heavy atom. The molecule has 13 heteroatoms. The number of hydrazine groups is 2. The van der Waals surface area contributed by atoms with E-state index in [0.29, 0.717) is 5.56 Å². The van der Waals surface area contributed by atoms with Crippen molar-refractivity contribution < 1.29 is 14.6 Å². The van der Waals surface area contributed by atoms with E-state index in [9.17, 15) is 25.0 Å². The monoisotopic (exact) mass is 376 g/mol. The van der Waals surface area contributed by atoms with Crippen LogP contribution in [0.5, 0.6) is 0 Å². The summed E-state index contributed by atoms with van der Waals surface area (Å²) in [6, 6.07) is 5.46. The van der Waals surface area contributed by atoms with Crippen LogP contribution in [0.4, 0.5) is 23.0 Å². The second-order valence-electron chi connectivity index (χ2n) is 5.46. The number of nitro groups is 2. The molecule has 27 heavy (non-hydrogen) atoms. The molecule has 1 amide bonds. The Bertz CT molecular complexity index is 855. The van der Waals surface area contributed by atoms with Crippen molar-refractivity contribution in [2.24, 2.45) is 0 Å². The number of amides is 1. The van der Waals surface area contributed by atoms with Gasteiger partial charge in [0, 0.05) is 26.2 Å². The van der Waals surface area contributed by atoms with E-state index in [0.717, 1.165) is 6.33 Å². The van der Waals surface area contributed by atoms with E-state index in [1.807, 2.05) is 0 Å². The number of anilines is 2. The van der Waals surface area contributed by atoms with Gasteiger partial charge in [-0.15, -0.1) is 0 Å². The number of aromatic nitrogens is 2. The van der Waals surface area contributed by atoms with Gasteiger partial charge in [-0.1, -0.05) is 12.1 Å². The maximum atomic E-state index is 12.0. The summed E-state index contributed by atoms with van der Waals surface area (Å²) in [6.45, 7) is 0. The first-order valence-corrected chi connectivity index (χ1v) is 7.49. The van der Waals surface area contributed by atoms with Gasteiger partial charge >= 0.3 is 5.69 Å². The van der Waals surface area contributed by atoms with Crippen LogP contribution < -0.4 is 16.3 Å². The minimum Gasteiger partial charge on any atom is -0.298 e. The van der Waals surface area contributed by atoms with Crippen LogP contribution in [0.25, 0.3) is 0 Å². The van der Waals surface area contributed by atoms with Crippen molar-refractivity contribution in [2.75, 3.05) is 24.9 Å². The Morgan fingerprint density at radius 3 is 2.26 bits per heavy atom. The molecule has 2 rings (SSSR count). The number of nitrogens with zero attached hydrogens (tertiary/aromatic N) is 5. The molecule has 142 valence electrons. The zero-order chi connectivity index (χ0) is 20.0. The van der Waals surface area contributed by atoms with Gasteiger partial charge in [-0.3, -0.25) is 41.3 Å². The van der Waals surface area contributed by atoms with Gasteiger partial charge in [0.1, 0.15) is 6.33 Å². The van der Waals surface area contributed by atoms with Gasteiger partial charge in [-0.05, 0) is 5.56 Å². The molecule has 0 saturated heterocycles. The summed E-state index contributed by atoms with van der Waals surface area (Å²) in [6.07, 6.45) is 1.01. The predicted molar refractivity (Wildman–Crippen MR) is 94.6 cm³/mol. The van der Waals surface area contributed by atoms with Crippen LogP contribution in [0.2, 0.25) is 0 Å². The molecule has 1 aromatic carbocycles. The average molecular weight is 376 g/mol. The molecule has 1 aromatic heterocycles. The number of benzene rings is 1. The fourth-order valence-corrected chi connectivity index (χ4v) is 2.03. The maximum absolute atomic E-state index is 12.0. The highest BCUT2D eigenvalue weighted by Crippen LogP contribution is 2.28. The van der Waals surface area contributed by atoms with Gasteiger partial charge in [0.2, 0.25) is 17.5 Å². The van der Waals surface area contributed by atoms with Crippen molar-refractivity contribution in [2.45, 2.75) is 6.42 Å². The van der Waals surface area contributed by atoms with Crippen molar-refractivity contribution in [3.8, 4) is 0 Å². The first-order chi connectivity index (χ1) is 12.8. The van der Waals surface area contributed by atoms with Gasteiger partial charge < -0.3 is 0 Å². The summed E-state index contributed by atoms with van der Waals surface area (Å²) in [5.41, 5.74) is 7.37. The Labute approximate surface area is 152 Å². The number of carbonyl (C=O) groups excluding carboxylic acids is 1. The SMILES string of the molecule is CN(C)Nc1ncnc(NNC(=O)Cc2ccc([N+](=O)[O-])cc2)c1[N+](=O)[O-]. The molecule has 3 N–H and O–H groups in total. The Hall–Kier alpha value is -3.87. The highest BCUT2D eigenvalue weighted by atomic mass is 16.6. The van der Waals surface area contributed by atoms with Gasteiger partial charge in [-0.2, -0.15) is 0 Å².